The molecule has 0 unspecified atom stereocenters. The van der Waals surface area contributed by atoms with Crippen LogP contribution in [-0.4, -0.2) is 12.3 Å². The van der Waals surface area contributed by atoms with Gasteiger partial charge in [0.1, 0.15) is 6.54 Å². The van der Waals surface area contributed by atoms with Gasteiger partial charge in [0, 0.05) is 12.5 Å². The Kier molecular flexibility index (Phi) is 4.52. The van der Waals surface area contributed by atoms with Gasteiger partial charge in [0.15, 0.2) is 0 Å². The molecule has 3 nitrogen and oxygen atoms in total. The molecule has 0 fully saturated rings. The van der Waals surface area contributed by atoms with Crippen molar-refractivity contribution in [1.29, 1.82) is 0 Å². The zero-order valence-electron chi connectivity index (χ0n) is 10.8. The van der Waals surface area contributed by atoms with Crippen molar-refractivity contribution in [1.82, 2.24) is 0 Å². The standard InChI is InChI=1S/C15H16N3.HI/c1-17-11-6-5-9-15(17)18-12-10-14(16-18)13-7-3-2-4-8-13;/h2-9,11H,10,12H2,1H3;1H/q+1;/p-1. The van der Waals surface area contributed by atoms with E-state index in [0.29, 0.717) is 0 Å². The Morgan fingerprint density at radius 3 is 2.53 bits per heavy atom. The van der Waals surface area contributed by atoms with Crippen molar-refractivity contribution in [2.75, 3.05) is 11.6 Å². The van der Waals surface area contributed by atoms with Crippen LogP contribution in [-0.2, 0) is 7.05 Å². The van der Waals surface area contributed by atoms with Crippen LogP contribution in [0.3, 0.4) is 0 Å². The third kappa shape index (κ3) is 2.94. The summed E-state index contributed by atoms with van der Waals surface area (Å²) in [5.74, 6) is 1.13. The highest BCUT2D eigenvalue weighted by Gasteiger charge is 2.25. The molecule has 0 saturated carbocycles. The second-order valence-electron chi connectivity index (χ2n) is 4.46. The van der Waals surface area contributed by atoms with E-state index in [0.717, 1.165) is 18.8 Å². The van der Waals surface area contributed by atoms with Gasteiger partial charge in [-0.2, -0.15) is 0 Å². The Morgan fingerprint density at radius 2 is 1.79 bits per heavy atom. The fourth-order valence-corrected chi connectivity index (χ4v) is 2.24. The molecule has 3 rings (SSSR count). The lowest BCUT2D eigenvalue weighted by Crippen LogP contribution is -3.00. The zero-order chi connectivity index (χ0) is 12.4. The van der Waals surface area contributed by atoms with E-state index in [1.54, 1.807) is 0 Å². The lowest BCUT2D eigenvalue weighted by Gasteiger charge is -2.06. The molecule has 0 aliphatic carbocycles. The molecule has 1 aliphatic heterocycles. The second kappa shape index (κ2) is 6.14. The summed E-state index contributed by atoms with van der Waals surface area (Å²) in [4.78, 5) is 0. The maximum atomic E-state index is 4.72. The summed E-state index contributed by atoms with van der Waals surface area (Å²) in [6, 6.07) is 16.6. The van der Waals surface area contributed by atoms with Gasteiger partial charge in [-0.15, -0.1) is 5.01 Å². The molecule has 0 bridgehead atoms. The van der Waals surface area contributed by atoms with Gasteiger partial charge < -0.3 is 24.0 Å². The Morgan fingerprint density at radius 1 is 1.05 bits per heavy atom. The highest BCUT2D eigenvalue weighted by molar-refractivity contribution is 6.02. The number of aromatic nitrogens is 1. The lowest BCUT2D eigenvalue weighted by atomic mass is 10.1. The summed E-state index contributed by atoms with van der Waals surface area (Å²) < 4.78 is 2.09. The van der Waals surface area contributed by atoms with Crippen LogP contribution in [0.15, 0.2) is 59.8 Å². The molecule has 0 amide bonds. The maximum Gasteiger partial charge on any atom is 0.301 e. The Labute approximate surface area is 130 Å². The van der Waals surface area contributed by atoms with E-state index in [1.165, 1.54) is 11.3 Å². The van der Waals surface area contributed by atoms with Crippen molar-refractivity contribution in [3.05, 3.63) is 60.3 Å². The molecule has 0 radical (unpaired) electrons. The van der Waals surface area contributed by atoms with Crippen molar-refractivity contribution in [2.45, 2.75) is 6.42 Å². The van der Waals surface area contributed by atoms with Gasteiger partial charge in [-0.25, -0.2) is 4.57 Å². The highest BCUT2D eigenvalue weighted by Crippen LogP contribution is 2.18. The lowest BCUT2D eigenvalue weighted by molar-refractivity contribution is -0.658. The monoisotopic (exact) mass is 365 g/mol. The Balaban J connectivity index is 0.00000133. The van der Waals surface area contributed by atoms with E-state index in [1.807, 2.05) is 31.4 Å². The van der Waals surface area contributed by atoms with Gasteiger partial charge in [0.2, 0.25) is 0 Å². The van der Waals surface area contributed by atoms with Crippen LogP contribution in [0.2, 0.25) is 0 Å². The number of aryl methyl sites for hydroxylation is 1. The van der Waals surface area contributed by atoms with Gasteiger partial charge in [-0.05, 0) is 11.6 Å². The third-order valence-electron chi connectivity index (χ3n) is 3.20. The molecule has 0 N–H and O–H groups in total. The quantitative estimate of drug-likeness (QED) is 0.501. The molecule has 1 aromatic carbocycles. The molecule has 19 heavy (non-hydrogen) atoms. The number of hydrazone groups is 1. The van der Waals surface area contributed by atoms with Crippen LogP contribution in [0.25, 0.3) is 0 Å². The van der Waals surface area contributed by atoms with Crippen LogP contribution in [0.4, 0.5) is 5.82 Å². The molecule has 2 aromatic rings. The number of anilines is 1. The maximum absolute atomic E-state index is 4.72. The summed E-state index contributed by atoms with van der Waals surface area (Å²) in [6.07, 6.45) is 3.05. The van der Waals surface area contributed by atoms with Crippen LogP contribution >= 0.6 is 0 Å². The molecule has 98 valence electrons. The first-order valence-electron chi connectivity index (χ1n) is 6.20. The summed E-state index contributed by atoms with van der Waals surface area (Å²) in [6.45, 7) is 0.947. The van der Waals surface area contributed by atoms with Crippen molar-refractivity contribution in [3.63, 3.8) is 0 Å². The first-order valence-corrected chi connectivity index (χ1v) is 6.20. The third-order valence-corrected chi connectivity index (χ3v) is 3.20. The van der Waals surface area contributed by atoms with Crippen molar-refractivity contribution >= 4 is 11.5 Å². The minimum atomic E-state index is 0. The van der Waals surface area contributed by atoms with E-state index in [2.05, 4.69) is 39.9 Å². The van der Waals surface area contributed by atoms with E-state index in [-0.39, 0.29) is 24.0 Å². The van der Waals surface area contributed by atoms with Crippen LogP contribution < -0.4 is 33.6 Å². The molecular weight excluding hydrogens is 349 g/mol. The molecule has 1 aromatic heterocycles. The Bertz CT molecular complexity index is 581. The average Bonchev–Trinajstić information content (AvgIpc) is 2.90. The Hall–Kier alpha value is -1.43. The van der Waals surface area contributed by atoms with Gasteiger partial charge in [0.05, 0.1) is 19.0 Å². The number of nitrogens with zero attached hydrogens (tertiary/aromatic N) is 3. The van der Waals surface area contributed by atoms with Crippen molar-refractivity contribution in [2.24, 2.45) is 12.1 Å². The topological polar surface area (TPSA) is 19.5 Å². The summed E-state index contributed by atoms with van der Waals surface area (Å²) in [7, 11) is 2.05. The van der Waals surface area contributed by atoms with Gasteiger partial charge in [0.25, 0.3) is 0 Å². The minimum absolute atomic E-state index is 0. The van der Waals surface area contributed by atoms with E-state index < -0.39 is 0 Å². The van der Waals surface area contributed by atoms with E-state index in [4.69, 9.17) is 5.10 Å². The first kappa shape index (κ1) is 14.0. The van der Waals surface area contributed by atoms with Gasteiger partial charge in [-0.1, -0.05) is 41.5 Å². The fourth-order valence-electron chi connectivity index (χ4n) is 2.24. The molecule has 2 heterocycles. The first-order chi connectivity index (χ1) is 8.84. The molecule has 0 spiro atoms. The smallest absolute Gasteiger partial charge is 0.301 e. The normalized spacial score (nSPS) is 13.9. The average molecular weight is 365 g/mol. The molecule has 1 aliphatic rings. The van der Waals surface area contributed by atoms with Crippen molar-refractivity contribution in [3.8, 4) is 0 Å². The van der Waals surface area contributed by atoms with Gasteiger partial charge >= 0.3 is 5.82 Å². The largest absolute Gasteiger partial charge is 1.00 e. The molecular formula is C15H16IN3. The van der Waals surface area contributed by atoms with Crippen LogP contribution in [0.5, 0.6) is 0 Å². The number of hydrogen-bond acceptors (Lipinski definition) is 2. The zero-order valence-corrected chi connectivity index (χ0v) is 13.0. The number of benzene rings is 1. The minimum Gasteiger partial charge on any atom is -1.00 e. The summed E-state index contributed by atoms with van der Waals surface area (Å²) >= 11 is 0. The molecule has 0 atom stereocenters. The van der Waals surface area contributed by atoms with Crippen LogP contribution in [0.1, 0.15) is 12.0 Å². The van der Waals surface area contributed by atoms with E-state index in [9.17, 15) is 0 Å². The van der Waals surface area contributed by atoms with Crippen molar-refractivity contribution < 1.29 is 28.5 Å². The summed E-state index contributed by atoms with van der Waals surface area (Å²) in [5, 5.41) is 6.79. The second-order valence-corrected chi connectivity index (χ2v) is 4.46. The number of pyridine rings is 1. The number of hydrogen-bond donors (Lipinski definition) is 0. The molecule has 4 heteroatoms. The van der Waals surface area contributed by atoms with Gasteiger partial charge in [-0.3, -0.25) is 0 Å². The summed E-state index contributed by atoms with van der Waals surface area (Å²) in [5.41, 5.74) is 2.39. The number of halogens is 1. The SMILES string of the molecule is C[n+]1ccccc1N1CCC(c2ccccc2)=N1.[I-]. The predicted octanol–water partition coefficient (Wildman–Crippen LogP) is -0.870. The fraction of sp³-hybridized carbons (Fsp3) is 0.200. The highest BCUT2D eigenvalue weighted by atomic mass is 127. The molecule has 0 saturated heterocycles. The van der Waals surface area contributed by atoms with E-state index >= 15 is 0 Å². The van der Waals surface area contributed by atoms with Crippen LogP contribution in [0, 0.1) is 0 Å². The number of rotatable bonds is 2. The predicted molar refractivity (Wildman–Crippen MR) is 72.6 cm³/mol.